The van der Waals surface area contributed by atoms with Crippen molar-refractivity contribution in [2.24, 2.45) is 5.41 Å². The van der Waals surface area contributed by atoms with Crippen LogP contribution in [0.5, 0.6) is 0 Å². The molecular weight excluding hydrogens is 140 g/mol. The summed E-state index contributed by atoms with van der Waals surface area (Å²) in [7, 11) is 0. The summed E-state index contributed by atoms with van der Waals surface area (Å²) in [6, 6.07) is 0. The first-order valence-corrected chi connectivity index (χ1v) is 3.76. The molecule has 0 spiro atoms. The molecule has 1 saturated carbocycles. The normalized spacial score (nSPS) is 18.0. The lowest BCUT2D eigenvalue weighted by Crippen LogP contribution is -2.15. The second-order valence-electron chi connectivity index (χ2n) is 3.06. The topological polar surface area (TPSA) is 26.3 Å². The predicted molar refractivity (Wildman–Crippen MR) is 41.8 cm³/mol. The second-order valence-corrected chi connectivity index (χ2v) is 3.06. The fraction of sp³-hybridized carbons (Fsp3) is 0.667. The van der Waals surface area contributed by atoms with Gasteiger partial charge in [-0.1, -0.05) is 5.92 Å². The van der Waals surface area contributed by atoms with E-state index in [-0.39, 0.29) is 18.0 Å². The van der Waals surface area contributed by atoms with Crippen molar-refractivity contribution < 1.29 is 9.53 Å². The van der Waals surface area contributed by atoms with Crippen molar-refractivity contribution in [2.75, 3.05) is 6.61 Å². The third kappa shape index (κ3) is 1.98. The Morgan fingerprint density at radius 2 is 2.27 bits per heavy atom. The Hall–Kier alpha value is -0.970. The largest absolute Gasteiger partial charge is 0.452 e. The molecule has 1 fully saturated rings. The van der Waals surface area contributed by atoms with Gasteiger partial charge in [0.25, 0.3) is 0 Å². The molecule has 1 aliphatic rings. The van der Waals surface area contributed by atoms with Crippen LogP contribution in [0.4, 0.5) is 0 Å². The third-order valence-corrected chi connectivity index (χ3v) is 1.95. The molecule has 0 amide bonds. The van der Waals surface area contributed by atoms with Crippen molar-refractivity contribution in [3.63, 3.8) is 0 Å². The van der Waals surface area contributed by atoms with Crippen LogP contribution in [0.15, 0.2) is 0 Å². The van der Waals surface area contributed by atoms with Crippen LogP contribution < -0.4 is 0 Å². The van der Waals surface area contributed by atoms with Gasteiger partial charge in [-0.15, -0.1) is 5.92 Å². The van der Waals surface area contributed by atoms with E-state index in [1.807, 2.05) is 6.92 Å². The highest BCUT2D eigenvalue weighted by atomic mass is 16.5. The molecule has 0 heterocycles. The Labute approximate surface area is 66.9 Å². The van der Waals surface area contributed by atoms with Crippen LogP contribution in [-0.2, 0) is 9.53 Å². The number of carbonyl (C=O) groups is 1. The van der Waals surface area contributed by atoms with Gasteiger partial charge >= 0.3 is 5.97 Å². The zero-order chi connectivity index (χ0) is 8.32. The predicted octanol–water partition coefficient (Wildman–Crippen LogP) is 1.35. The molecule has 0 unspecified atom stereocenters. The van der Waals surface area contributed by atoms with Crippen LogP contribution in [0.1, 0.15) is 26.7 Å². The van der Waals surface area contributed by atoms with Gasteiger partial charge in [-0.05, 0) is 26.7 Å². The summed E-state index contributed by atoms with van der Waals surface area (Å²) < 4.78 is 4.90. The van der Waals surface area contributed by atoms with Gasteiger partial charge in [-0.2, -0.15) is 0 Å². The molecule has 0 aromatic carbocycles. The van der Waals surface area contributed by atoms with Crippen LogP contribution in [-0.4, -0.2) is 12.6 Å². The SMILES string of the molecule is CC#CCOC(=O)C1(C)CC1. The molecule has 1 aliphatic carbocycles. The van der Waals surface area contributed by atoms with E-state index < -0.39 is 0 Å². The molecule has 2 nitrogen and oxygen atoms in total. The van der Waals surface area contributed by atoms with Crippen molar-refractivity contribution in [3.05, 3.63) is 0 Å². The van der Waals surface area contributed by atoms with Crippen LogP contribution in [0.25, 0.3) is 0 Å². The molecule has 0 aromatic heterocycles. The summed E-state index contributed by atoms with van der Waals surface area (Å²) in [5.41, 5.74) is -0.171. The summed E-state index contributed by atoms with van der Waals surface area (Å²) in [6.45, 7) is 3.90. The summed E-state index contributed by atoms with van der Waals surface area (Å²) in [4.78, 5) is 11.1. The first kappa shape index (κ1) is 8.13. The van der Waals surface area contributed by atoms with E-state index in [9.17, 15) is 4.79 Å². The number of esters is 1. The maximum atomic E-state index is 11.1. The van der Waals surface area contributed by atoms with E-state index in [1.54, 1.807) is 6.92 Å². The molecule has 0 radical (unpaired) electrons. The van der Waals surface area contributed by atoms with E-state index in [2.05, 4.69) is 11.8 Å². The van der Waals surface area contributed by atoms with Gasteiger partial charge in [-0.3, -0.25) is 4.79 Å². The first-order valence-electron chi connectivity index (χ1n) is 3.76. The smallest absolute Gasteiger partial charge is 0.312 e. The van der Waals surface area contributed by atoms with Crippen molar-refractivity contribution >= 4 is 5.97 Å². The first-order chi connectivity index (χ1) is 5.19. The van der Waals surface area contributed by atoms with E-state index in [4.69, 9.17) is 4.74 Å². The fourth-order valence-corrected chi connectivity index (χ4v) is 0.740. The number of carbonyl (C=O) groups excluding carboxylic acids is 1. The molecule has 2 heteroatoms. The van der Waals surface area contributed by atoms with Crippen LogP contribution in [0, 0.1) is 17.3 Å². The summed E-state index contributed by atoms with van der Waals surface area (Å²) in [6.07, 6.45) is 1.93. The van der Waals surface area contributed by atoms with E-state index in [1.165, 1.54) is 0 Å². The van der Waals surface area contributed by atoms with Gasteiger partial charge in [0.05, 0.1) is 5.41 Å². The standard InChI is InChI=1S/C9H12O2/c1-3-4-7-11-8(10)9(2)5-6-9/h5-7H2,1-2H3. The van der Waals surface area contributed by atoms with Gasteiger partial charge < -0.3 is 4.74 Å². The fourth-order valence-electron chi connectivity index (χ4n) is 0.740. The molecule has 0 bridgehead atoms. The van der Waals surface area contributed by atoms with Gasteiger partial charge in [0.1, 0.15) is 0 Å². The average Bonchev–Trinajstić information content (AvgIpc) is 2.70. The number of hydrogen-bond acceptors (Lipinski definition) is 2. The minimum absolute atomic E-state index is 0.0970. The van der Waals surface area contributed by atoms with Crippen LogP contribution >= 0.6 is 0 Å². The molecule has 0 aromatic rings. The lowest BCUT2D eigenvalue weighted by atomic mass is 10.1. The molecular formula is C9H12O2. The van der Waals surface area contributed by atoms with Gasteiger partial charge in [0.2, 0.25) is 0 Å². The number of rotatable bonds is 2. The minimum Gasteiger partial charge on any atom is -0.452 e. The highest BCUT2D eigenvalue weighted by molar-refractivity contribution is 5.79. The molecule has 60 valence electrons. The van der Waals surface area contributed by atoms with Crippen LogP contribution in [0.3, 0.4) is 0 Å². The summed E-state index contributed by atoms with van der Waals surface area (Å²) in [5.74, 6) is 5.26. The second kappa shape index (κ2) is 2.96. The Morgan fingerprint density at radius 1 is 1.64 bits per heavy atom. The van der Waals surface area contributed by atoms with Gasteiger partial charge in [-0.25, -0.2) is 0 Å². The lowest BCUT2D eigenvalue weighted by molar-refractivity contribution is -0.147. The zero-order valence-corrected chi connectivity index (χ0v) is 6.94. The average molecular weight is 152 g/mol. The van der Waals surface area contributed by atoms with E-state index >= 15 is 0 Å². The van der Waals surface area contributed by atoms with E-state index in [0.29, 0.717) is 0 Å². The molecule has 0 saturated heterocycles. The quantitative estimate of drug-likeness (QED) is 0.441. The zero-order valence-electron chi connectivity index (χ0n) is 6.94. The van der Waals surface area contributed by atoms with Crippen molar-refractivity contribution in [1.82, 2.24) is 0 Å². The molecule has 11 heavy (non-hydrogen) atoms. The van der Waals surface area contributed by atoms with Crippen molar-refractivity contribution in [2.45, 2.75) is 26.7 Å². The Morgan fingerprint density at radius 3 is 2.73 bits per heavy atom. The maximum absolute atomic E-state index is 11.1. The summed E-state index contributed by atoms with van der Waals surface area (Å²) >= 11 is 0. The van der Waals surface area contributed by atoms with E-state index in [0.717, 1.165) is 12.8 Å². The van der Waals surface area contributed by atoms with Gasteiger partial charge in [0, 0.05) is 0 Å². The molecule has 0 N–H and O–H groups in total. The summed E-state index contributed by atoms with van der Waals surface area (Å²) in [5, 5.41) is 0. The Balaban J connectivity index is 2.25. The number of ether oxygens (including phenoxy) is 1. The Bertz CT molecular complexity index is 215. The lowest BCUT2D eigenvalue weighted by Gasteiger charge is -2.04. The maximum Gasteiger partial charge on any atom is 0.312 e. The highest BCUT2D eigenvalue weighted by Gasteiger charge is 2.46. The Kier molecular flexibility index (Phi) is 2.19. The highest BCUT2D eigenvalue weighted by Crippen LogP contribution is 2.45. The minimum atomic E-state index is -0.171. The van der Waals surface area contributed by atoms with Crippen LogP contribution in [0.2, 0.25) is 0 Å². The number of hydrogen-bond donors (Lipinski definition) is 0. The van der Waals surface area contributed by atoms with Gasteiger partial charge in [0.15, 0.2) is 6.61 Å². The molecule has 0 aliphatic heterocycles. The van der Waals surface area contributed by atoms with Crippen molar-refractivity contribution in [1.29, 1.82) is 0 Å². The molecule has 0 atom stereocenters. The third-order valence-electron chi connectivity index (χ3n) is 1.95. The molecule has 1 rings (SSSR count). The monoisotopic (exact) mass is 152 g/mol. The van der Waals surface area contributed by atoms with Crippen molar-refractivity contribution in [3.8, 4) is 11.8 Å².